The number of hydrogen-bond acceptors (Lipinski definition) is 5. The lowest BCUT2D eigenvalue weighted by Gasteiger charge is -2.23. The summed E-state index contributed by atoms with van der Waals surface area (Å²) in [5.74, 6) is 0.532. The molecule has 0 radical (unpaired) electrons. The fraction of sp³-hybridized carbons (Fsp3) is 0.611. The molecule has 5 atom stereocenters. The Morgan fingerprint density at radius 3 is 2.96 bits per heavy atom. The Bertz CT molecular complexity index is 583. The van der Waals surface area contributed by atoms with E-state index in [1.807, 2.05) is 18.2 Å². The molecule has 1 fully saturated rings. The highest BCUT2D eigenvalue weighted by molar-refractivity contribution is 5.69. The van der Waals surface area contributed by atoms with Gasteiger partial charge in [0.05, 0.1) is 19.3 Å². The van der Waals surface area contributed by atoms with Crippen molar-refractivity contribution in [2.45, 2.75) is 56.8 Å². The molecule has 1 aromatic rings. The molecular weight excluding hydrogens is 296 g/mol. The number of para-hydroxylation sites is 1. The van der Waals surface area contributed by atoms with Crippen molar-refractivity contribution in [2.24, 2.45) is 5.92 Å². The van der Waals surface area contributed by atoms with E-state index in [1.165, 1.54) is 7.11 Å². The average molecular weight is 320 g/mol. The van der Waals surface area contributed by atoms with Crippen molar-refractivity contribution in [3.05, 3.63) is 29.3 Å². The number of rotatable bonds is 5. The van der Waals surface area contributed by atoms with Crippen LogP contribution in [-0.4, -0.2) is 41.6 Å². The van der Waals surface area contributed by atoms with Crippen molar-refractivity contribution in [2.75, 3.05) is 7.11 Å². The minimum absolute atomic E-state index is 0.0422. The molecule has 23 heavy (non-hydrogen) atoms. The maximum absolute atomic E-state index is 11.2. The van der Waals surface area contributed by atoms with Crippen LogP contribution in [-0.2, 0) is 16.0 Å². The minimum Gasteiger partial charge on any atom is -0.489 e. The van der Waals surface area contributed by atoms with Gasteiger partial charge in [-0.2, -0.15) is 0 Å². The van der Waals surface area contributed by atoms with Crippen molar-refractivity contribution >= 4 is 5.97 Å². The molecule has 1 aliphatic carbocycles. The lowest BCUT2D eigenvalue weighted by Crippen LogP contribution is -2.29. The van der Waals surface area contributed by atoms with Gasteiger partial charge in [0.1, 0.15) is 11.9 Å². The van der Waals surface area contributed by atoms with Crippen LogP contribution in [0.2, 0.25) is 0 Å². The summed E-state index contributed by atoms with van der Waals surface area (Å²) < 4.78 is 10.8. The summed E-state index contributed by atoms with van der Waals surface area (Å²) in [6.07, 6.45) is 1.24. The first kappa shape index (κ1) is 16.3. The van der Waals surface area contributed by atoms with Crippen molar-refractivity contribution in [3.8, 4) is 5.75 Å². The number of carbonyl (C=O) groups is 1. The number of esters is 1. The van der Waals surface area contributed by atoms with E-state index in [0.29, 0.717) is 19.3 Å². The maximum atomic E-state index is 11.2. The fourth-order valence-corrected chi connectivity index (χ4v) is 4.06. The monoisotopic (exact) mass is 320 g/mol. The number of methoxy groups -OCH3 is 1. The molecule has 0 unspecified atom stereocenters. The number of aryl methyl sites for hydroxylation is 1. The Morgan fingerprint density at radius 2 is 2.26 bits per heavy atom. The average Bonchev–Trinajstić information content (AvgIpc) is 3.01. The van der Waals surface area contributed by atoms with Gasteiger partial charge in [0, 0.05) is 30.2 Å². The van der Waals surface area contributed by atoms with Crippen LogP contribution in [0.15, 0.2) is 18.2 Å². The second kappa shape index (κ2) is 6.49. The molecule has 1 aliphatic heterocycles. The number of hydrogen-bond donors (Lipinski definition) is 2. The van der Waals surface area contributed by atoms with Gasteiger partial charge in [-0.1, -0.05) is 18.2 Å². The van der Waals surface area contributed by atoms with E-state index in [1.54, 1.807) is 6.92 Å². The van der Waals surface area contributed by atoms with Crippen LogP contribution in [0.4, 0.5) is 0 Å². The summed E-state index contributed by atoms with van der Waals surface area (Å²) in [5.41, 5.74) is 2.16. The summed E-state index contributed by atoms with van der Waals surface area (Å²) in [6.45, 7) is 1.73. The molecule has 0 aromatic heterocycles. The number of benzene rings is 1. The predicted molar refractivity (Wildman–Crippen MR) is 84.3 cm³/mol. The molecule has 0 amide bonds. The van der Waals surface area contributed by atoms with Gasteiger partial charge >= 0.3 is 5.97 Å². The molecule has 1 saturated carbocycles. The van der Waals surface area contributed by atoms with E-state index in [9.17, 15) is 15.0 Å². The van der Waals surface area contributed by atoms with Crippen LogP contribution >= 0.6 is 0 Å². The topological polar surface area (TPSA) is 76.0 Å². The van der Waals surface area contributed by atoms with Gasteiger partial charge in [-0.25, -0.2) is 0 Å². The van der Waals surface area contributed by atoms with Crippen LogP contribution in [0.5, 0.6) is 5.75 Å². The third-order valence-corrected chi connectivity index (χ3v) is 5.10. The van der Waals surface area contributed by atoms with E-state index >= 15 is 0 Å². The van der Waals surface area contributed by atoms with Crippen molar-refractivity contribution in [3.63, 3.8) is 0 Å². The standard InChI is InChI=1S/C18H24O5/c1-10(19)16-13(20)9-14-17(16)12-7-3-5-11(18(12)23-14)6-4-8-15(21)22-2/h3,5,7,10,13-14,16-17,19-20H,4,6,8-9H2,1-2H3/t10-,13-,14+,16+,17+/m1/s1. The third kappa shape index (κ3) is 2.95. The summed E-state index contributed by atoms with van der Waals surface area (Å²) >= 11 is 0. The smallest absolute Gasteiger partial charge is 0.305 e. The summed E-state index contributed by atoms with van der Waals surface area (Å²) in [7, 11) is 1.40. The predicted octanol–water partition coefficient (Wildman–Crippen LogP) is 1.79. The van der Waals surface area contributed by atoms with Gasteiger partial charge in [0.2, 0.25) is 0 Å². The normalized spacial score (nSPS) is 29.6. The Kier molecular flexibility index (Phi) is 4.60. The molecule has 2 N–H and O–H groups in total. The van der Waals surface area contributed by atoms with Crippen LogP contribution < -0.4 is 4.74 Å². The summed E-state index contributed by atoms with van der Waals surface area (Å²) in [4.78, 5) is 11.2. The van der Waals surface area contributed by atoms with Crippen LogP contribution in [0.3, 0.4) is 0 Å². The Morgan fingerprint density at radius 1 is 1.48 bits per heavy atom. The van der Waals surface area contributed by atoms with Gasteiger partial charge in [-0.05, 0) is 25.3 Å². The number of fused-ring (bicyclic) bond motifs is 3. The summed E-state index contributed by atoms with van der Waals surface area (Å²) in [6, 6.07) is 6.03. The number of aliphatic hydroxyl groups excluding tert-OH is 2. The largest absolute Gasteiger partial charge is 0.489 e. The van der Waals surface area contributed by atoms with E-state index in [-0.39, 0.29) is 23.9 Å². The van der Waals surface area contributed by atoms with E-state index < -0.39 is 12.2 Å². The quantitative estimate of drug-likeness (QED) is 0.809. The zero-order chi connectivity index (χ0) is 16.6. The first-order chi connectivity index (χ1) is 11.0. The number of ether oxygens (including phenoxy) is 2. The van der Waals surface area contributed by atoms with Crippen molar-refractivity contribution < 1.29 is 24.5 Å². The van der Waals surface area contributed by atoms with Gasteiger partial charge in [-0.15, -0.1) is 0 Å². The highest BCUT2D eigenvalue weighted by atomic mass is 16.5. The van der Waals surface area contributed by atoms with E-state index in [0.717, 1.165) is 23.3 Å². The molecule has 0 saturated heterocycles. The maximum Gasteiger partial charge on any atom is 0.305 e. The van der Waals surface area contributed by atoms with Crippen molar-refractivity contribution in [1.82, 2.24) is 0 Å². The molecule has 126 valence electrons. The van der Waals surface area contributed by atoms with Crippen LogP contribution in [0.1, 0.15) is 43.2 Å². The lowest BCUT2D eigenvalue weighted by molar-refractivity contribution is -0.140. The molecule has 0 spiro atoms. The molecule has 3 rings (SSSR count). The van der Waals surface area contributed by atoms with Crippen LogP contribution in [0, 0.1) is 5.92 Å². The number of aliphatic hydroxyl groups is 2. The van der Waals surface area contributed by atoms with Crippen molar-refractivity contribution in [1.29, 1.82) is 0 Å². The molecular formula is C18H24O5. The summed E-state index contributed by atoms with van der Waals surface area (Å²) in [5, 5.41) is 20.2. The first-order valence-corrected chi connectivity index (χ1v) is 8.24. The van der Waals surface area contributed by atoms with Gasteiger partial charge in [0.15, 0.2) is 0 Å². The molecule has 5 nitrogen and oxygen atoms in total. The number of carbonyl (C=O) groups excluding carboxylic acids is 1. The molecule has 1 heterocycles. The first-order valence-electron chi connectivity index (χ1n) is 8.24. The van der Waals surface area contributed by atoms with Gasteiger partial charge in [-0.3, -0.25) is 4.79 Å². The zero-order valence-electron chi connectivity index (χ0n) is 13.6. The molecule has 1 aromatic carbocycles. The Labute approximate surface area is 136 Å². The second-order valence-electron chi connectivity index (χ2n) is 6.57. The van der Waals surface area contributed by atoms with E-state index in [4.69, 9.17) is 4.74 Å². The third-order valence-electron chi connectivity index (χ3n) is 5.10. The second-order valence-corrected chi connectivity index (χ2v) is 6.57. The zero-order valence-corrected chi connectivity index (χ0v) is 13.6. The highest BCUT2D eigenvalue weighted by Crippen LogP contribution is 2.52. The minimum atomic E-state index is -0.572. The Hall–Kier alpha value is -1.59. The SMILES string of the molecule is COC(=O)CCCc1cccc2c1O[C@H]1C[C@@H](O)[C@H]([C@@H](C)O)[C@@H]21. The van der Waals surface area contributed by atoms with Crippen LogP contribution in [0.25, 0.3) is 0 Å². The van der Waals surface area contributed by atoms with Gasteiger partial charge < -0.3 is 19.7 Å². The van der Waals surface area contributed by atoms with Gasteiger partial charge in [0.25, 0.3) is 0 Å². The molecule has 5 heteroatoms. The lowest BCUT2D eigenvalue weighted by atomic mass is 9.84. The Balaban J connectivity index is 1.79. The highest BCUT2D eigenvalue weighted by Gasteiger charge is 2.51. The fourth-order valence-electron chi connectivity index (χ4n) is 4.06. The molecule has 2 aliphatic rings. The van der Waals surface area contributed by atoms with E-state index in [2.05, 4.69) is 4.74 Å². The molecule has 0 bridgehead atoms.